The van der Waals surface area contributed by atoms with Gasteiger partial charge >= 0.3 is 0 Å². The molecule has 8 heteroatoms. The van der Waals surface area contributed by atoms with Crippen LogP contribution in [0.1, 0.15) is 50.0 Å². The molecule has 0 bridgehead atoms. The van der Waals surface area contributed by atoms with Gasteiger partial charge in [0.1, 0.15) is 0 Å². The van der Waals surface area contributed by atoms with Crippen LogP contribution in [0.25, 0.3) is 11.4 Å². The zero-order valence-electron chi connectivity index (χ0n) is 19.7. The van der Waals surface area contributed by atoms with Gasteiger partial charge in [-0.3, -0.25) is 14.5 Å². The number of aryl methyl sites for hydroxylation is 2. The second kappa shape index (κ2) is 11.4. The smallest absolute Gasteiger partial charge is 0.242 e. The van der Waals surface area contributed by atoms with Gasteiger partial charge in [-0.15, -0.1) is 0 Å². The van der Waals surface area contributed by atoms with E-state index in [1.165, 1.54) is 5.56 Å². The summed E-state index contributed by atoms with van der Waals surface area (Å²) in [5.41, 5.74) is 2.17. The van der Waals surface area contributed by atoms with Crippen LogP contribution in [-0.2, 0) is 16.0 Å². The van der Waals surface area contributed by atoms with E-state index in [0.29, 0.717) is 24.7 Å². The van der Waals surface area contributed by atoms with Gasteiger partial charge in [0.25, 0.3) is 0 Å². The van der Waals surface area contributed by atoms with Gasteiger partial charge in [-0.25, -0.2) is 0 Å². The average Bonchev–Trinajstić information content (AvgIpc) is 3.28. The SMILES string of the molecule is Cc1ccc(-c2noc(CCCN3CCN(C(=O)CN4CCCCCCC4=O)CC3)n2)cc1. The highest BCUT2D eigenvalue weighted by molar-refractivity contribution is 5.85. The largest absolute Gasteiger partial charge is 0.339 e. The molecule has 2 saturated heterocycles. The van der Waals surface area contributed by atoms with Crippen LogP contribution < -0.4 is 0 Å². The predicted molar refractivity (Wildman–Crippen MR) is 125 cm³/mol. The Morgan fingerprint density at radius 1 is 1.00 bits per heavy atom. The minimum Gasteiger partial charge on any atom is -0.339 e. The molecule has 0 unspecified atom stereocenters. The maximum atomic E-state index is 12.7. The summed E-state index contributed by atoms with van der Waals surface area (Å²) in [4.78, 5) is 35.6. The van der Waals surface area contributed by atoms with E-state index in [-0.39, 0.29) is 18.4 Å². The molecule has 0 atom stereocenters. The highest BCUT2D eigenvalue weighted by Gasteiger charge is 2.25. The van der Waals surface area contributed by atoms with E-state index in [9.17, 15) is 9.59 Å². The van der Waals surface area contributed by atoms with Crippen molar-refractivity contribution >= 4 is 11.8 Å². The second-order valence-corrected chi connectivity index (χ2v) is 9.18. The number of aromatic nitrogens is 2. The zero-order valence-corrected chi connectivity index (χ0v) is 19.7. The minimum absolute atomic E-state index is 0.0815. The summed E-state index contributed by atoms with van der Waals surface area (Å²) >= 11 is 0. The van der Waals surface area contributed by atoms with E-state index in [0.717, 1.165) is 76.8 Å². The Labute approximate surface area is 195 Å². The van der Waals surface area contributed by atoms with E-state index in [1.54, 1.807) is 4.90 Å². The van der Waals surface area contributed by atoms with Crippen LogP contribution in [0.2, 0.25) is 0 Å². The lowest BCUT2D eigenvalue weighted by Crippen LogP contribution is -2.52. The van der Waals surface area contributed by atoms with Crippen LogP contribution in [0.15, 0.2) is 28.8 Å². The Morgan fingerprint density at radius 2 is 1.76 bits per heavy atom. The number of hydrogen-bond donors (Lipinski definition) is 0. The van der Waals surface area contributed by atoms with Gasteiger partial charge in [-0.05, 0) is 32.7 Å². The molecule has 2 fully saturated rings. The number of nitrogens with zero attached hydrogens (tertiary/aromatic N) is 5. The molecule has 33 heavy (non-hydrogen) atoms. The van der Waals surface area contributed by atoms with Crippen molar-refractivity contribution in [2.24, 2.45) is 0 Å². The molecule has 0 spiro atoms. The summed E-state index contributed by atoms with van der Waals surface area (Å²) in [6.07, 6.45) is 6.47. The molecule has 2 amide bonds. The molecule has 0 saturated carbocycles. The quantitative estimate of drug-likeness (QED) is 0.641. The fourth-order valence-electron chi connectivity index (χ4n) is 4.50. The summed E-state index contributed by atoms with van der Waals surface area (Å²) in [6, 6.07) is 8.11. The van der Waals surface area contributed by atoms with Crippen molar-refractivity contribution in [3.63, 3.8) is 0 Å². The molecule has 178 valence electrons. The minimum atomic E-state index is 0.0815. The summed E-state index contributed by atoms with van der Waals surface area (Å²) in [6.45, 7) is 7.10. The number of amides is 2. The molecule has 2 aromatic rings. The maximum absolute atomic E-state index is 12.7. The van der Waals surface area contributed by atoms with Gasteiger partial charge in [0, 0.05) is 51.1 Å². The molecular weight excluding hydrogens is 418 g/mol. The topological polar surface area (TPSA) is 82.8 Å². The fourth-order valence-corrected chi connectivity index (χ4v) is 4.50. The number of benzene rings is 1. The maximum Gasteiger partial charge on any atom is 0.242 e. The summed E-state index contributed by atoms with van der Waals surface area (Å²) < 4.78 is 5.42. The summed E-state index contributed by atoms with van der Waals surface area (Å²) in [5.74, 6) is 1.51. The van der Waals surface area contributed by atoms with Gasteiger partial charge in [0.15, 0.2) is 0 Å². The van der Waals surface area contributed by atoms with Crippen molar-refractivity contribution in [3.8, 4) is 11.4 Å². The van der Waals surface area contributed by atoms with Crippen molar-refractivity contribution in [3.05, 3.63) is 35.7 Å². The lowest BCUT2D eigenvalue weighted by Gasteiger charge is -2.36. The molecular formula is C25H35N5O3. The van der Waals surface area contributed by atoms with Crippen molar-refractivity contribution in [2.75, 3.05) is 45.8 Å². The van der Waals surface area contributed by atoms with Crippen LogP contribution in [-0.4, -0.2) is 82.5 Å². The van der Waals surface area contributed by atoms with Crippen LogP contribution >= 0.6 is 0 Å². The van der Waals surface area contributed by atoms with Crippen LogP contribution in [0.3, 0.4) is 0 Å². The first-order valence-corrected chi connectivity index (χ1v) is 12.3. The number of hydrogen-bond acceptors (Lipinski definition) is 6. The Morgan fingerprint density at radius 3 is 2.55 bits per heavy atom. The monoisotopic (exact) mass is 453 g/mol. The van der Waals surface area contributed by atoms with Gasteiger partial charge in [0.2, 0.25) is 23.5 Å². The number of carbonyl (C=O) groups excluding carboxylic acids is 2. The molecule has 2 aliphatic heterocycles. The Balaban J connectivity index is 1.16. The Hall–Kier alpha value is -2.74. The van der Waals surface area contributed by atoms with Crippen molar-refractivity contribution in [1.29, 1.82) is 0 Å². The molecule has 8 nitrogen and oxygen atoms in total. The number of rotatable bonds is 7. The second-order valence-electron chi connectivity index (χ2n) is 9.18. The van der Waals surface area contributed by atoms with Gasteiger partial charge in [-0.1, -0.05) is 47.8 Å². The normalized spacial score (nSPS) is 18.3. The third-order valence-corrected chi connectivity index (χ3v) is 6.62. The number of carbonyl (C=O) groups is 2. The number of likely N-dealkylation sites (tertiary alicyclic amines) is 1. The molecule has 0 aliphatic carbocycles. The first-order chi connectivity index (χ1) is 16.1. The summed E-state index contributed by atoms with van der Waals surface area (Å²) in [5, 5.41) is 4.10. The Bertz CT molecular complexity index is 918. The van der Waals surface area contributed by atoms with Crippen LogP contribution in [0.5, 0.6) is 0 Å². The van der Waals surface area contributed by atoms with Crippen molar-refractivity contribution in [1.82, 2.24) is 24.8 Å². The standard InChI is InChI=1S/C25H35N5O3/c1-20-9-11-21(12-10-20)25-26-22(33-27-25)7-6-13-28-15-17-29(18-16-28)24(32)19-30-14-5-3-2-4-8-23(30)31/h9-12H,2-8,13-19H2,1H3. The molecule has 2 aliphatic rings. The first-order valence-electron chi connectivity index (χ1n) is 12.3. The molecule has 4 rings (SSSR count). The highest BCUT2D eigenvalue weighted by atomic mass is 16.5. The van der Waals surface area contributed by atoms with Crippen LogP contribution in [0.4, 0.5) is 0 Å². The molecule has 0 radical (unpaired) electrons. The fraction of sp³-hybridized carbons (Fsp3) is 0.600. The van der Waals surface area contributed by atoms with E-state index in [2.05, 4.69) is 22.0 Å². The predicted octanol–water partition coefficient (Wildman–Crippen LogP) is 2.91. The van der Waals surface area contributed by atoms with Gasteiger partial charge < -0.3 is 14.3 Å². The highest BCUT2D eigenvalue weighted by Crippen LogP contribution is 2.17. The van der Waals surface area contributed by atoms with Gasteiger partial charge in [0.05, 0.1) is 6.54 Å². The lowest BCUT2D eigenvalue weighted by molar-refractivity contribution is -0.141. The molecule has 1 aromatic carbocycles. The number of piperazine rings is 1. The van der Waals surface area contributed by atoms with E-state index >= 15 is 0 Å². The van der Waals surface area contributed by atoms with E-state index in [1.807, 2.05) is 29.2 Å². The third-order valence-electron chi connectivity index (χ3n) is 6.62. The van der Waals surface area contributed by atoms with Crippen LogP contribution in [0, 0.1) is 6.92 Å². The van der Waals surface area contributed by atoms with Crippen molar-refractivity contribution in [2.45, 2.75) is 51.9 Å². The third kappa shape index (κ3) is 6.63. The van der Waals surface area contributed by atoms with Gasteiger partial charge in [-0.2, -0.15) is 4.98 Å². The molecule has 3 heterocycles. The lowest BCUT2D eigenvalue weighted by atomic mass is 10.1. The molecule has 1 aromatic heterocycles. The van der Waals surface area contributed by atoms with Crippen molar-refractivity contribution < 1.29 is 14.1 Å². The molecule has 0 N–H and O–H groups in total. The average molecular weight is 454 g/mol. The summed E-state index contributed by atoms with van der Waals surface area (Å²) in [7, 11) is 0. The first kappa shape index (κ1) is 23.4. The van der Waals surface area contributed by atoms with E-state index in [4.69, 9.17) is 4.52 Å². The van der Waals surface area contributed by atoms with E-state index < -0.39 is 0 Å². The Kier molecular flexibility index (Phi) is 8.10. The zero-order chi connectivity index (χ0) is 23.0.